The van der Waals surface area contributed by atoms with E-state index in [-0.39, 0.29) is 0 Å². The van der Waals surface area contributed by atoms with Gasteiger partial charge in [-0.3, -0.25) is 4.79 Å². The fourth-order valence-corrected chi connectivity index (χ4v) is 2.22. The van der Waals surface area contributed by atoms with Crippen LogP contribution in [0.25, 0.3) is 0 Å². The second-order valence-electron chi connectivity index (χ2n) is 4.51. The third-order valence-corrected chi connectivity index (χ3v) is 3.24. The van der Waals surface area contributed by atoms with Crippen LogP contribution in [-0.2, 0) is 14.3 Å². The van der Waals surface area contributed by atoms with Crippen molar-refractivity contribution in [2.75, 3.05) is 26.9 Å². The second kappa shape index (κ2) is 8.71. The molecule has 1 rings (SSSR count). The van der Waals surface area contributed by atoms with Gasteiger partial charge >= 0.3 is 0 Å². The van der Waals surface area contributed by atoms with E-state index < -0.39 is 0 Å². The Kier molecular flexibility index (Phi) is 7.43. The van der Waals surface area contributed by atoms with E-state index in [2.05, 4.69) is 0 Å². The summed E-state index contributed by atoms with van der Waals surface area (Å²) < 4.78 is 10.2. The van der Waals surface area contributed by atoms with E-state index in [0.717, 1.165) is 12.8 Å². The highest BCUT2D eigenvalue weighted by Gasteiger charge is 2.19. The van der Waals surface area contributed by atoms with E-state index >= 15 is 0 Å². The van der Waals surface area contributed by atoms with Crippen LogP contribution in [0.1, 0.15) is 44.9 Å². The van der Waals surface area contributed by atoms with E-state index in [9.17, 15) is 4.79 Å². The summed E-state index contributed by atoms with van der Waals surface area (Å²) in [6, 6.07) is 0. The van der Waals surface area contributed by atoms with Crippen LogP contribution in [0.2, 0.25) is 0 Å². The summed E-state index contributed by atoms with van der Waals surface area (Å²) in [5.74, 6) is 0.716. The molecule has 0 radical (unpaired) electrons. The van der Waals surface area contributed by atoms with Crippen LogP contribution < -0.4 is 0 Å². The van der Waals surface area contributed by atoms with Gasteiger partial charge in [0.05, 0.1) is 19.8 Å². The molecule has 16 heavy (non-hydrogen) atoms. The van der Waals surface area contributed by atoms with Gasteiger partial charge in [-0.25, -0.2) is 0 Å². The molecule has 1 aliphatic carbocycles. The van der Waals surface area contributed by atoms with Gasteiger partial charge in [0.2, 0.25) is 0 Å². The highest BCUT2D eigenvalue weighted by molar-refractivity contribution is 5.81. The lowest BCUT2D eigenvalue weighted by atomic mass is 9.94. The SMILES string of the molecule is COCCOCCC(=O)C1CCCCCC1. The molecule has 0 aromatic carbocycles. The Morgan fingerprint density at radius 3 is 2.38 bits per heavy atom. The molecule has 0 atom stereocenters. The molecule has 1 fully saturated rings. The number of carbonyl (C=O) groups is 1. The van der Waals surface area contributed by atoms with Gasteiger partial charge in [-0.1, -0.05) is 25.7 Å². The van der Waals surface area contributed by atoms with Crippen molar-refractivity contribution in [3.8, 4) is 0 Å². The molecular weight excluding hydrogens is 204 g/mol. The predicted octanol–water partition coefficient (Wildman–Crippen LogP) is 2.58. The van der Waals surface area contributed by atoms with Crippen LogP contribution in [0.4, 0.5) is 0 Å². The molecule has 0 spiro atoms. The summed E-state index contributed by atoms with van der Waals surface area (Å²) in [6.07, 6.45) is 7.81. The minimum absolute atomic E-state index is 0.313. The number of ketones is 1. The Bertz CT molecular complexity index is 184. The maximum atomic E-state index is 11.9. The molecule has 0 unspecified atom stereocenters. The molecule has 0 aromatic rings. The van der Waals surface area contributed by atoms with Crippen molar-refractivity contribution in [1.82, 2.24) is 0 Å². The van der Waals surface area contributed by atoms with Crippen molar-refractivity contribution in [3.05, 3.63) is 0 Å². The van der Waals surface area contributed by atoms with Gasteiger partial charge < -0.3 is 9.47 Å². The smallest absolute Gasteiger partial charge is 0.138 e. The molecule has 1 saturated carbocycles. The first-order chi connectivity index (χ1) is 7.84. The van der Waals surface area contributed by atoms with Crippen LogP contribution in [0.3, 0.4) is 0 Å². The molecule has 0 aliphatic heterocycles. The number of ether oxygens (including phenoxy) is 2. The Morgan fingerprint density at radius 1 is 1.06 bits per heavy atom. The highest BCUT2D eigenvalue weighted by atomic mass is 16.5. The fraction of sp³-hybridized carbons (Fsp3) is 0.923. The van der Waals surface area contributed by atoms with Crippen molar-refractivity contribution in [3.63, 3.8) is 0 Å². The first kappa shape index (κ1) is 13.7. The normalized spacial score (nSPS) is 18.3. The first-order valence-corrected chi connectivity index (χ1v) is 6.44. The molecular formula is C13H24O3. The number of hydrogen-bond donors (Lipinski definition) is 0. The van der Waals surface area contributed by atoms with Gasteiger partial charge in [-0.15, -0.1) is 0 Å². The molecule has 0 heterocycles. The number of carbonyl (C=O) groups excluding carboxylic acids is 1. The zero-order valence-electron chi connectivity index (χ0n) is 10.4. The van der Waals surface area contributed by atoms with E-state index in [1.807, 2.05) is 0 Å². The van der Waals surface area contributed by atoms with Crippen molar-refractivity contribution in [2.45, 2.75) is 44.9 Å². The zero-order chi connectivity index (χ0) is 11.6. The maximum absolute atomic E-state index is 11.9. The standard InChI is InChI=1S/C13H24O3/c1-15-10-11-16-9-8-13(14)12-6-4-2-3-5-7-12/h12H,2-11H2,1H3. The summed E-state index contributed by atoms with van der Waals surface area (Å²) in [7, 11) is 1.65. The Morgan fingerprint density at radius 2 is 1.75 bits per heavy atom. The Hall–Kier alpha value is -0.410. The number of methoxy groups -OCH3 is 1. The molecule has 0 amide bonds. The van der Waals surface area contributed by atoms with Gasteiger partial charge in [-0.2, -0.15) is 0 Å². The van der Waals surface area contributed by atoms with Crippen molar-refractivity contribution >= 4 is 5.78 Å². The average molecular weight is 228 g/mol. The summed E-state index contributed by atoms with van der Waals surface area (Å²) in [4.78, 5) is 11.9. The molecule has 0 aromatic heterocycles. The van der Waals surface area contributed by atoms with Crippen LogP contribution in [0.15, 0.2) is 0 Å². The number of hydrogen-bond acceptors (Lipinski definition) is 3. The van der Waals surface area contributed by atoms with Crippen molar-refractivity contribution in [2.24, 2.45) is 5.92 Å². The highest BCUT2D eigenvalue weighted by Crippen LogP contribution is 2.24. The lowest BCUT2D eigenvalue weighted by molar-refractivity contribution is -0.124. The molecule has 0 bridgehead atoms. The lowest BCUT2D eigenvalue weighted by Gasteiger charge is -2.12. The molecule has 0 saturated heterocycles. The summed E-state index contributed by atoms with van der Waals surface area (Å²) in [5.41, 5.74) is 0. The van der Waals surface area contributed by atoms with Crippen molar-refractivity contribution < 1.29 is 14.3 Å². The Labute approximate surface area is 98.5 Å². The van der Waals surface area contributed by atoms with E-state index in [4.69, 9.17) is 9.47 Å². The third-order valence-electron chi connectivity index (χ3n) is 3.24. The minimum Gasteiger partial charge on any atom is -0.382 e. The van der Waals surface area contributed by atoms with Gasteiger partial charge in [0.15, 0.2) is 0 Å². The van der Waals surface area contributed by atoms with Gasteiger partial charge in [0.1, 0.15) is 5.78 Å². The fourth-order valence-electron chi connectivity index (χ4n) is 2.22. The number of Topliss-reactive ketones (excluding diaryl/α,β-unsaturated/α-hetero) is 1. The van der Waals surface area contributed by atoms with Gasteiger partial charge in [0, 0.05) is 19.4 Å². The number of rotatable bonds is 7. The Balaban J connectivity index is 2.08. The molecule has 94 valence electrons. The van der Waals surface area contributed by atoms with Gasteiger partial charge in [0.25, 0.3) is 0 Å². The van der Waals surface area contributed by atoms with Crippen LogP contribution >= 0.6 is 0 Å². The molecule has 1 aliphatic rings. The van der Waals surface area contributed by atoms with Crippen LogP contribution in [-0.4, -0.2) is 32.7 Å². The minimum atomic E-state index is 0.313. The summed E-state index contributed by atoms with van der Waals surface area (Å²) in [6.45, 7) is 1.75. The second-order valence-corrected chi connectivity index (χ2v) is 4.51. The monoisotopic (exact) mass is 228 g/mol. The van der Waals surface area contributed by atoms with E-state index in [1.165, 1.54) is 25.7 Å². The average Bonchev–Trinajstić information content (AvgIpc) is 2.57. The lowest BCUT2D eigenvalue weighted by Crippen LogP contribution is -2.16. The molecule has 3 heteroatoms. The quantitative estimate of drug-likeness (QED) is 0.496. The third kappa shape index (κ3) is 5.61. The zero-order valence-corrected chi connectivity index (χ0v) is 10.4. The first-order valence-electron chi connectivity index (χ1n) is 6.44. The van der Waals surface area contributed by atoms with Crippen LogP contribution in [0.5, 0.6) is 0 Å². The predicted molar refractivity (Wildman–Crippen MR) is 63.5 cm³/mol. The largest absolute Gasteiger partial charge is 0.382 e. The van der Waals surface area contributed by atoms with E-state index in [0.29, 0.717) is 37.9 Å². The summed E-state index contributed by atoms with van der Waals surface area (Å²) >= 11 is 0. The van der Waals surface area contributed by atoms with Crippen LogP contribution in [0, 0.1) is 5.92 Å². The molecule has 3 nitrogen and oxygen atoms in total. The van der Waals surface area contributed by atoms with Crippen molar-refractivity contribution in [1.29, 1.82) is 0 Å². The topological polar surface area (TPSA) is 35.5 Å². The van der Waals surface area contributed by atoms with Gasteiger partial charge in [-0.05, 0) is 12.8 Å². The maximum Gasteiger partial charge on any atom is 0.138 e. The summed E-state index contributed by atoms with van der Waals surface area (Å²) in [5, 5.41) is 0. The molecule has 0 N–H and O–H groups in total. The van der Waals surface area contributed by atoms with E-state index in [1.54, 1.807) is 7.11 Å².